The minimum Gasteiger partial charge on any atom is -0.493 e. The molecule has 0 unspecified atom stereocenters. The quantitative estimate of drug-likeness (QED) is 0.221. The molecule has 3 heterocycles. The van der Waals surface area contributed by atoms with Gasteiger partial charge >= 0.3 is 6.18 Å². The van der Waals surface area contributed by atoms with E-state index < -0.39 is 23.1 Å². The molecule has 1 fully saturated rings. The number of amides is 2. The highest BCUT2D eigenvalue weighted by atomic mass is 19.4. The summed E-state index contributed by atoms with van der Waals surface area (Å²) in [7, 11) is 2.02. The van der Waals surface area contributed by atoms with Crippen molar-refractivity contribution in [2.45, 2.75) is 45.2 Å². The van der Waals surface area contributed by atoms with Crippen molar-refractivity contribution in [1.82, 2.24) is 19.9 Å². The molecule has 232 valence electrons. The number of nitrogens with zero attached hydrogens (tertiary/aromatic N) is 3. The van der Waals surface area contributed by atoms with Gasteiger partial charge < -0.3 is 25.3 Å². The van der Waals surface area contributed by atoms with Crippen molar-refractivity contribution in [3.8, 4) is 5.75 Å². The molecule has 44 heavy (non-hydrogen) atoms. The van der Waals surface area contributed by atoms with E-state index in [1.807, 2.05) is 7.05 Å². The average molecular weight is 609 g/mol. The smallest absolute Gasteiger partial charge is 0.420 e. The van der Waals surface area contributed by atoms with Crippen molar-refractivity contribution < 1.29 is 27.5 Å². The number of hydrogen-bond acceptors (Lipinski definition) is 6. The third-order valence-electron chi connectivity index (χ3n) is 8.12. The Bertz CT molecular complexity index is 1680. The third kappa shape index (κ3) is 6.70. The average Bonchev–Trinajstić information content (AvgIpc) is 3.47. The van der Waals surface area contributed by atoms with Crippen LogP contribution in [0.4, 0.5) is 24.5 Å². The van der Waals surface area contributed by atoms with E-state index in [9.17, 15) is 22.8 Å². The molecule has 9 nitrogen and oxygen atoms in total. The largest absolute Gasteiger partial charge is 0.493 e. The van der Waals surface area contributed by atoms with Crippen molar-refractivity contribution in [2.24, 2.45) is 5.92 Å². The van der Waals surface area contributed by atoms with E-state index in [4.69, 9.17) is 4.74 Å². The monoisotopic (exact) mass is 608 g/mol. The molecule has 0 bridgehead atoms. The van der Waals surface area contributed by atoms with E-state index in [0.29, 0.717) is 28.0 Å². The highest BCUT2D eigenvalue weighted by Gasteiger charge is 2.36. The molecule has 1 aliphatic rings. The number of piperidine rings is 1. The highest BCUT2D eigenvalue weighted by Crippen LogP contribution is 2.38. The number of fused-ring (bicyclic) bond motifs is 1. The molecular weight excluding hydrogens is 573 g/mol. The van der Waals surface area contributed by atoms with Crippen molar-refractivity contribution in [1.29, 1.82) is 0 Å². The topological polar surface area (TPSA) is 112 Å². The molecule has 5 rings (SSSR count). The van der Waals surface area contributed by atoms with Gasteiger partial charge in [-0.15, -0.1) is 0 Å². The number of aryl methyl sites for hydroxylation is 1. The summed E-state index contributed by atoms with van der Waals surface area (Å²) in [4.78, 5) is 40.3. The second-order valence-electron chi connectivity index (χ2n) is 11.8. The van der Waals surface area contributed by atoms with Gasteiger partial charge in [0.1, 0.15) is 17.7 Å². The number of carbonyl (C=O) groups excluding carboxylic acids is 2. The van der Waals surface area contributed by atoms with Crippen LogP contribution in [0, 0.1) is 12.8 Å². The predicted molar refractivity (Wildman–Crippen MR) is 162 cm³/mol. The lowest BCUT2D eigenvalue weighted by Gasteiger charge is -2.29. The first-order chi connectivity index (χ1) is 20.8. The van der Waals surface area contributed by atoms with E-state index in [-0.39, 0.29) is 35.4 Å². The zero-order valence-electron chi connectivity index (χ0n) is 25.0. The molecule has 2 aromatic carbocycles. The Morgan fingerprint density at radius 1 is 1.05 bits per heavy atom. The van der Waals surface area contributed by atoms with Crippen LogP contribution in [0.2, 0.25) is 0 Å². The molecule has 4 aromatic rings. The number of aromatic amines is 1. The van der Waals surface area contributed by atoms with Crippen LogP contribution < -0.4 is 15.4 Å². The fourth-order valence-corrected chi connectivity index (χ4v) is 5.25. The van der Waals surface area contributed by atoms with Gasteiger partial charge in [0.2, 0.25) is 5.91 Å². The van der Waals surface area contributed by atoms with Crippen LogP contribution in [0.25, 0.3) is 11.0 Å². The van der Waals surface area contributed by atoms with Crippen LogP contribution in [-0.4, -0.2) is 58.4 Å². The summed E-state index contributed by atoms with van der Waals surface area (Å²) in [5.74, 6) is -1.07. The number of carbonyl (C=O) groups is 2. The number of anilines is 2. The van der Waals surface area contributed by atoms with E-state index in [1.54, 1.807) is 45.2 Å². The first-order valence-electron chi connectivity index (χ1n) is 14.4. The third-order valence-corrected chi connectivity index (χ3v) is 8.12. The van der Waals surface area contributed by atoms with Crippen LogP contribution in [0.1, 0.15) is 53.9 Å². The van der Waals surface area contributed by atoms with Gasteiger partial charge in [0.25, 0.3) is 5.91 Å². The second kappa shape index (κ2) is 12.3. The molecule has 0 atom stereocenters. The maximum absolute atomic E-state index is 14.0. The molecule has 1 saturated heterocycles. The highest BCUT2D eigenvalue weighted by molar-refractivity contribution is 6.06. The van der Waals surface area contributed by atoms with Gasteiger partial charge in [-0.25, -0.2) is 9.97 Å². The second-order valence-corrected chi connectivity index (χ2v) is 11.8. The van der Waals surface area contributed by atoms with Crippen LogP contribution in [-0.2, 0) is 16.4 Å². The molecule has 0 spiro atoms. The van der Waals surface area contributed by atoms with Crippen LogP contribution in [0.3, 0.4) is 0 Å². The normalized spacial score (nSPS) is 14.9. The molecule has 1 aliphatic heterocycles. The van der Waals surface area contributed by atoms with E-state index in [2.05, 4.69) is 30.5 Å². The molecule has 2 amide bonds. The molecule has 0 radical (unpaired) electrons. The Hall–Kier alpha value is -4.45. The van der Waals surface area contributed by atoms with Gasteiger partial charge in [-0.2, -0.15) is 13.2 Å². The molecule has 0 aliphatic carbocycles. The summed E-state index contributed by atoms with van der Waals surface area (Å²) in [6.07, 6.45) is 0.155. The van der Waals surface area contributed by atoms with Gasteiger partial charge in [-0.05, 0) is 102 Å². The number of H-pyrrole nitrogens is 1. The maximum atomic E-state index is 14.0. The molecule has 12 heteroatoms. The van der Waals surface area contributed by atoms with Crippen molar-refractivity contribution in [3.05, 3.63) is 77.4 Å². The Labute approximate surface area is 253 Å². The van der Waals surface area contributed by atoms with Gasteiger partial charge in [-0.3, -0.25) is 9.59 Å². The maximum Gasteiger partial charge on any atom is 0.420 e. The van der Waals surface area contributed by atoms with Crippen LogP contribution in [0.15, 0.2) is 55.0 Å². The van der Waals surface area contributed by atoms with Crippen molar-refractivity contribution in [2.75, 3.05) is 37.4 Å². The number of benzene rings is 2. The van der Waals surface area contributed by atoms with Gasteiger partial charge in [-0.1, -0.05) is 6.07 Å². The minimum absolute atomic E-state index is 0.0273. The van der Waals surface area contributed by atoms with E-state index in [0.717, 1.165) is 32.0 Å². The SMILES string of the molecule is Cc1ccc(C(=O)Nc2ccc(OCC3CCN(C)CC3)c(C(F)(F)F)c2)cc1NC(=O)C(C)(C)c1ncnc2[nH]ccc12. The first kappa shape index (κ1) is 31.0. The standard InChI is InChI=1S/C32H35F3N6O3/c1-19-5-6-21(15-25(19)40-30(43)31(2,3)27-23-9-12-36-28(23)38-18-37-27)29(42)39-22-7-8-26(24(16-22)32(33,34)35)44-17-20-10-13-41(4)14-11-20/h5-9,12,15-16,18,20H,10-11,13-14,17H2,1-4H3,(H,39,42)(H,40,43)(H,36,37,38). The minimum atomic E-state index is -4.67. The lowest BCUT2D eigenvalue weighted by atomic mass is 9.86. The van der Waals surface area contributed by atoms with Gasteiger partial charge in [0.05, 0.1) is 23.3 Å². The summed E-state index contributed by atoms with van der Waals surface area (Å²) < 4.78 is 47.5. The van der Waals surface area contributed by atoms with Crippen LogP contribution >= 0.6 is 0 Å². The van der Waals surface area contributed by atoms with E-state index >= 15 is 0 Å². The predicted octanol–water partition coefficient (Wildman–Crippen LogP) is 6.17. The first-order valence-corrected chi connectivity index (χ1v) is 14.4. The van der Waals surface area contributed by atoms with Crippen molar-refractivity contribution >= 4 is 34.2 Å². The van der Waals surface area contributed by atoms with Gasteiger partial charge in [0.15, 0.2) is 0 Å². The Balaban J connectivity index is 1.30. The van der Waals surface area contributed by atoms with Crippen LogP contribution in [0.5, 0.6) is 5.75 Å². The van der Waals surface area contributed by atoms with E-state index in [1.165, 1.54) is 24.5 Å². The molecule has 0 saturated carbocycles. The number of likely N-dealkylation sites (tertiary alicyclic amines) is 1. The molecule has 3 N–H and O–H groups in total. The summed E-state index contributed by atoms with van der Waals surface area (Å²) in [6, 6.07) is 10.0. The lowest BCUT2D eigenvalue weighted by Crippen LogP contribution is -2.36. The molecule has 2 aromatic heterocycles. The number of halogens is 3. The fourth-order valence-electron chi connectivity index (χ4n) is 5.25. The fraction of sp³-hybridized carbons (Fsp3) is 0.375. The van der Waals surface area contributed by atoms with Crippen molar-refractivity contribution in [3.63, 3.8) is 0 Å². The number of nitrogens with one attached hydrogen (secondary N) is 3. The summed E-state index contributed by atoms with van der Waals surface area (Å²) in [5, 5.41) is 6.15. The zero-order chi connectivity index (χ0) is 31.6. The number of ether oxygens (including phenoxy) is 1. The Morgan fingerprint density at radius 2 is 1.80 bits per heavy atom. The van der Waals surface area contributed by atoms with Gasteiger partial charge in [0, 0.05) is 28.5 Å². The number of alkyl halides is 3. The lowest BCUT2D eigenvalue weighted by molar-refractivity contribution is -0.139. The summed E-state index contributed by atoms with van der Waals surface area (Å²) in [6.45, 7) is 7.22. The Morgan fingerprint density at radius 3 is 2.52 bits per heavy atom. The number of rotatable bonds is 8. The summed E-state index contributed by atoms with van der Waals surface area (Å²) >= 11 is 0. The molecular formula is C32H35F3N6O3. The number of hydrogen-bond donors (Lipinski definition) is 3. The summed E-state index contributed by atoms with van der Waals surface area (Å²) in [5.41, 5.74) is 0.357. The number of aromatic nitrogens is 3. The Kier molecular flexibility index (Phi) is 8.64. The zero-order valence-corrected chi connectivity index (χ0v) is 25.0.